The zero-order chi connectivity index (χ0) is 10.8. The van der Waals surface area contributed by atoms with Crippen LogP contribution in [0.25, 0.3) is 0 Å². The topological polar surface area (TPSA) is 17.1 Å². The normalized spacial score (nSPS) is 18.1. The highest BCUT2D eigenvalue weighted by Gasteiger charge is 2.22. The van der Waals surface area contributed by atoms with E-state index in [2.05, 4.69) is 0 Å². The van der Waals surface area contributed by atoms with E-state index in [1.165, 1.54) is 0 Å². The van der Waals surface area contributed by atoms with Crippen molar-refractivity contribution in [2.75, 3.05) is 0 Å². The van der Waals surface area contributed by atoms with Crippen LogP contribution in [0.2, 0.25) is 10.0 Å². The van der Waals surface area contributed by atoms with Crippen molar-refractivity contribution in [3.05, 3.63) is 33.8 Å². The number of benzene rings is 1. The molecule has 1 aliphatic rings. The van der Waals surface area contributed by atoms with Crippen molar-refractivity contribution < 1.29 is 4.79 Å². The van der Waals surface area contributed by atoms with Crippen LogP contribution in [-0.4, -0.2) is 5.78 Å². The standard InChI is InChI=1S/C12H12Cl2O/c13-11-3-1-2-10(12(11)14)8-4-6-9(15)7-5-8/h1-3,8H,4-7H2. The molecule has 1 nitrogen and oxygen atoms in total. The van der Waals surface area contributed by atoms with E-state index < -0.39 is 0 Å². The summed E-state index contributed by atoms with van der Waals surface area (Å²) in [5, 5.41) is 1.25. The van der Waals surface area contributed by atoms with Crippen molar-refractivity contribution in [3.63, 3.8) is 0 Å². The molecule has 0 atom stereocenters. The molecule has 80 valence electrons. The van der Waals surface area contributed by atoms with E-state index in [1.807, 2.05) is 12.1 Å². The largest absolute Gasteiger partial charge is 0.300 e. The van der Waals surface area contributed by atoms with E-state index in [0.717, 1.165) is 18.4 Å². The first-order valence-corrected chi connectivity index (χ1v) is 5.89. The highest BCUT2D eigenvalue weighted by Crippen LogP contribution is 2.37. The smallest absolute Gasteiger partial charge is 0.132 e. The summed E-state index contributed by atoms with van der Waals surface area (Å²) in [4.78, 5) is 11.1. The third kappa shape index (κ3) is 2.35. The van der Waals surface area contributed by atoms with Gasteiger partial charge in [0.15, 0.2) is 0 Å². The second kappa shape index (κ2) is 4.54. The first-order chi connectivity index (χ1) is 7.18. The molecule has 0 aliphatic heterocycles. The summed E-state index contributed by atoms with van der Waals surface area (Å²) in [6.07, 6.45) is 3.15. The third-order valence-electron chi connectivity index (χ3n) is 2.96. The molecular weight excluding hydrogens is 231 g/mol. The van der Waals surface area contributed by atoms with Crippen LogP contribution < -0.4 is 0 Å². The Morgan fingerprint density at radius 1 is 1.13 bits per heavy atom. The molecular formula is C12H12Cl2O. The quantitative estimate of drug-likeness (QED) is 0.721. The molecule has 0 aromatic heterocycles. The summed E-state index contributed by atoms with van der Waals surface area (Å²) in [5.74, 6) is 0.762. The molecule has 0 N–H and O–H groups in total. The summed E-state index contributed by atoms with van der Waals surface area (Å²) in [6.45, 7) is 0. The third-order valence-corrected chi connectivity index (χ3v) is 3.80. The lowest BCUT2D eigenvalue weighted by Crippen LogP contribution is -2.12. The SMILES string of the molecule is O=C1CCC(c2cccc(Cl)c2Cl)CC1. The molecule has 0 radical (unpaired) electrons. The first-order valence-electron chi connectivity index (χ1n) is 5.14. The number of ketones is 1. The fourth-order valence-corrected chi connectivity index (χ4v) is 2.55. The van der Waals surface area contributed by atoms with Crippen LogP contribution in [-0.2, 0) is 4.79 Å². The molecule has 0 spiro atoms. The molecule has 3 heteroatoms. The van der Waals surface area contributed by atoms with Gasteiger partial charge in [-0.3, -0.25) is 4.79 Å². The average molecular weight is 243 g/mol. The van der Waals surface area contributed by atoms with Crippen molar-refractivity contribution in [3.8, 4) is 0 Å². The molecule has 0 unspecified atom stereocenters. The van der Waals surface area contributed by atoms with Crippen molar-refractivity contribution >= 4 is 29.0 Å². The number of hydrogen-bond acceptors (Lipinski definition) is 1. The van der Waals surface area contributed by atoms with Crippen molar-refractivity contribution in [1.29, 1.82) is 0 Å². The van der Waals surface area contributed by atoms with Crippen LogP contribution in [0.5, 0.6) is 0 Å². The molecule has 1 aliphatic carbocycles. The predicted molar refractivity (Wildman–Crippen MR) is 62.7 cm³/mol. The second-order valence-electron chi connectivity index (χ2n) is 3.96. The Morgan fingerprint density at radius 3 is 2.47 bits per heavy atom. The van der Waals surface area contributed by atoms with E-state index in [0.29, 0.717) is 34.6 Å². The highest BCUT2D eigenvalue weighted by atomic mass is 35.5. The monoisotopic (exact) mass is 242 g/mol. The van der Waals surface area contributed by atoms with Gasteiger partial charge in [0.1, 0.15) is 5.78 Å². The number of hydrogen-bond donors (Lipinski definition) is 0. The highest BCUT2D eigenvalue weighted by molar-refractivity contribution is 6.42. The van der Waals surface area contributed by atoms with Crippen molar-refractivity contribution in [1.82, 2.24) is 0 Å². The minimum atomic E-state index is 0.365. The summed E-state index contributed by atoms with van der Waals surface area (Å²) < 4.78 is 0. The van der Waals surface area contributed by atoms with E-state index in [-0.39, 0.29) is 0 Å². The zero-order valence-corrected chi connectivity index (χ0v) is 9.81. The van der Waals surface area contributed by atoms with Crippen LogP contribution in [0.15, 0.2) is 18.2 Å². The molecule has 2 rings (SSSR count). The number of carbonyl (C=O) groups is 1. The molecule has 1 aromatic rings. The summed E-state index contributed by atoms with van der Waals surface area (Å²) in [7, 11) is 0. The zero-order valence-electron chi connectivity index (χ0n) is 8.30. The van der Waals surface area contributed by atoms with Gasteiger partial charge in [-0.1, -0.05) is 35.3 Å². The van der Waals surface area contributed by atoms with Gasteiger partial charge < -0.3 is 0 Å². The van der Waals surface area contributed by atoms with E-state index in [4.69, 9.17) is 23.2 Å². The summed E-state index contributed by atoms with van der Waals surface area (Å²) in [6, 6.07) is 5.72. The Kier molecular flexibility index (Phi) is 3.32. The van der Waals surface area contributed by atoms with Gasteiger partial charge in [-0.2, -0.15) is 0 Å². The minimum absolute atomic E-state index is 0.365. The maximum atomic E-state index is 11.1. The van der Waals surface area contributed by atoms with Crippen LogP contribution in [0.3, 0.4) is 0 Å². The van der Waals surface area contributed by atoms with E-state index in [1.54, 1.807) is 6.07 Å². The van der Waals surface area contributed by atoms with Crippen LogP contribution in [0.4, 0.5) is 0 Å². The Hall–Kier alpha value is -0.530. The van der Waals surface area contributed by atoms with Gasteiger partial charge in [0, 0.05) is 12.8 Å². The van der Waals surface area contributed by atoms with E-state index >= 15 is 0 Å². The van der Waals surface area contributed by atoms with Gasteiger partial charge in [0.25, 0.3) is 0 Å². The van der Waals surface area contributed by atoms with Gasteiger partial charge in [0.2, 0.25) is 0 Å². The Labute approximate surface area is 99.4 Å². The number of rotatable bonds is 1. The maximum Gasteiger partial charge on any atom is 0.132 e. The molecule has 1 aromatic carbocycles. The average Bonchev–Trinajstić information content (AvgIpc) is 2.24. The van der Waals surface area contributed by atoms with Crippen LogP contribution >= 0.6 is 23.2 Å². The predicted octanol–water partition coefficient (Wildman–Crippen LogP) is 4.22. The van der Waals surface area contributed by atoms with Crippen LogP contribution in [0.1, 0.15) is 37.2 Å². The summed E-state index contributed by atoms with van der Waals surface area (Å²) >= 11 is 12.1. The van der Waals surface area contributed by atoms with Gasteiger partial charge >= 0.3 is 0 Å². The van der Waals surface area contributed by atoms with Gasteiger partial charge in [0.05, 0.1) is 10.0 Å². The van der Waals surface area contributed by atoms with Crippen LogP contribution in [0, 0.1) is 0 Å². The Morgan fingerprint density at radius 2 is 1.80 bits per heavy atom. The number of Topliss-reactive ketones (excluding diaryl/α,β-unsaturated/α-hetero) is 1. The fourth-order valence-electron chi connectivity index (χ4n) is 2.09. The molecule has 0 bridgehead atoms. The first kappa shape index (κ1) is 11.0. The Bertz CT molecular complexity index is 377. The fraction of sp³-hybridized carbons (Fsp3) is 0.417. The lowest BCUT2D eigenvalue weighted by molar-refractivity contribution is -0.120. The Balaban J connectivity index is 2.22. The molecule has 1 saturated carbocycles. The molecule has 15 heavy (non-hydrogen) atoms. The summed E-state index contributed by atoms with van der Waals surface area (Å²) in [5.41, 5.74) is 1.09. The molecule has 0 saturated heterocycles. The lowest BCUT2D eigenvalue weighted by Gasteiger charge is -2.22. The van der Waals surface area contributed by atoms with Gasteiger partial charge in [-0.15, -0.1) is 0 Å². The molecule has 0 heterocycles. The van der Waals surface area contributed by atoms with Gasteiger partial charge in [-0.25, -0.2) is 0 Å². The molecule has 1 fully saturated rings. The lowest BCUT2D eigenvalue weighted by atomic mass is 9.83. The minimum Gasteiger partial charge on any atom is -0.300 e. The maximum absolute atomic E-state index is 11.1. The van der Waals surface area contributed by atoms with Crippen molar-refractivity contribution in [2.24, 2.45) is 0 Å². The van der Waals surface area contributed by atoms with Gasteiger partial charge in [-0.05, 0) is 30.4 Å². The molecule has 0 amide bonds. The number of carbonyl (C=O) groups excluding carboxylic acids is 1. The van der Waals surface area contributed by atoms with E-state index in [9.17, 15) is 4.79 Å². The van der Waals surface area contributed by atoms with Crippen molar-refractivity contribution in [2.45, 2.75) is 31.6 Å². The number of halogens is 2. The second-order valence-corrected chi connectivity index (χ2v) is 4.74.